The van der Waals surface area contributed by atoms with Crippen LogP contribution in [0.3, 0.4) is 0 Å². The molecule has 0 spiro atoms. The molecule has 0 radical (unpaired) electrons. The van der Waals surface area contributed by atoms with Gasteiger partial charge < -0.3 is 8.98 Å². The van der Waals surface area contributed by atoms with Crippen molar-refractivity contribution in [1.82, 2.24) is 19.5 Å². The number of hydrogen-bond acceptors (Lipinski definition) is 5. The predicted molar refractivity (Wildman–Crippen MR) is 246 cm³/mol. The second-order valence-corrected chi connectivity index (χ2v) is 16.2. The summed E-state index contributed by atoms with van der Waals surface area (Å²) in [6, 6.07) is 64.4. The first-order chi connectivity index (χ1) is 29.2. The van der Waals surface area contributed by atoms with Crippen molar-refractivity contribution in [2.45, 2.75) is 0 Å². The van der Waals surface area contributed by atoms with E-state index in [9.17, 15) is 0 Å². The molecule has 0 aliphatic carbocycles. The normalized spacial score (nSPS) is 12.1. The zero-order valence-electron chi connectivity index (χ0n) is 31.4. The van der Waals surface area contributed by atoms with E-state index in [1.807, 2.05) is 12.1 Å². The Hall–Kier alpha value is -7.67. The molecule has 6 heteroatoms. The van der Waals surface area contributed by atoms with Gasteiger partial charge in [0.25, 0.3) is 0 Å². The molecule has 9 aromatic carbocycles. The highest BCUT2D eigenvalue weighted by Gasteiger charge is 2.23. The van der Waals surface area contributed by atoms with Gasteiger partial charge in [0.05, 0.1) is 16.6 Å². The number of benzene rings is 9. The largest absolute Gasteiger partial charge is 0.455 e. The summed E-state index contributed by atoms with van der Waals surface area (Å²) in [5.74, 6) is 1.77. The van der Waals surface area contributed by atoms with Gasteiger partial charge in [0.15, 0.2) is 17.5 Å². The summed E-state index contributed by atoms with van der Waals surface area (Å²) in [5, 5.41) is 11.4. The molecule has 4 aromatic heterocycles. The van der Waals surface area contributed by atoms with Crippen LogP contribution >= 0.6 is 11.3 Å². The van der Waals surface area contributed by atoms with Crippen molar-refractivity contribution in [3.05, 3.63) is 182 Å². The van der Waals surface area contributed by atoms with Crippen molar-refractivity contribution in [2.75, 3.05) is 0 Å². The first-order valence-corrected chi connectivity index (χ1v) is 20.6. The zero-order valence-corrected chi connectivity index (χ0v) is 32.2. The van der Waals surface area contributed by atoms with E-state index in [1.54, 1.807) is 11.3 Å². The van der Waals surface area contributed by atoms with Gasteiger partial charge in [-0.2, -0.15) is 0 Å². The molecule has 13 aromatic rings. The third-order valence-electron chi connectivity index (χ3n) is 11.8. The molecule has 0 saturated heterocycles. The minimum Gasteiger partial charge on any atom is -0.455 e. The van der Waals surface area contributed by atoms with Gasteiger partial charge in [-0.15, -0.1) is 11.3 Å². The lowest BCUT2D eigenvalue weighted by atomic mass is 10.0. The van der Waals surface area contributed by atoms with Crippen molar-refractivity contribution in [3.8, 4) is 39.9 Å². The molecule has 0 aliphatic heterocycles. The summed E-state index contributed by atoms with van der Waals surface area (Å²) in [7, 11) is 0. The van der Waals surface area contributed by atoms with Gasteiger partial charge in [0.1, 0.15) is 11.2 Å². The quantitative estimate of drug-likeness (QED) is 0.179. The Morgan fingerprint density at radius 2 is 1.00 bits per heavy atom. The second-order valence-electron chi connectivity index (χ2n) is 15.1. The smallest absolute Gasteiger partial charge is 0.167 e. The molecular weight excluding hydrogens is 741 g/mol. The lowest BCUT2D eigenvalue weighted by molar-refractivity contribution is 0.669. The van der Waals surface area contributed by atoms with Crippen LogP contribution in [0.15, 0.2) is 186 Å². The van der Waals surface area contributed by atoms with Crippen molar-refractivity contribution >= 4 is 96.8 Å². The van der Waals surface area contributed by atoms with Gasteiger partial charge in [0.2, 0.25) is 0 Å². The first kappa shape index (κ1) is 32.4. The van der Waals surface area contributed by atoms with Crippen LogP contribution < -0.4 is 0 Å². The fraction of sp³-hybridized carbons (Fsp3) is 0. The van der Waals surface area contributed by atoms with E-state index in [1.165, 1.54) is 36.3 Å². The number of aromatic nitrogens is 4. The maximum absolute atomic E-state index is 6.81. The Kier molecular flexibility index (Phi) is 6.82. The van der Waals surface area contributed by atoms with Crippen molar-refractivity contribution in [2.24, 2.45) is 0 Å². The van der Waals surface area contributed by atoms with Crippen LogP contribution in [-0.4, -0.2) is 19.5 Å². The van der Waals surface area contributed by atoms with Crippen LogP contribution in [0.2, 0.25) is 0 Å². The number of para-hydroxylation sites is 2. The standard InChI is InChI=1S/C53H30N4OS/c1-2-15-33-28-45-41(27-32(33)14-1)36-18-5-8-23-44(36)57(45)34-29-42-37-19-6-9-24-46(37)58-50(42)43(30-34)53-55-51(38-21-11-16-31-13-3-4-17-35(31)38)54-52(56-53)40-22-12-26-48-49(40)39-20-7-10-25-47(39)59-48/h1-30H. The van der Waals surface area contributed by atoms with Gasteiger partial charge in [0, 0.05) is 58.5 Å². The molecule has 0 amide bonds. The molecule has 0 bridgehead atoms. The molecular formula is C53H30N4OS. The highest BCUT2D eigenvalue weighted by atomic mass is 32.1. The van der Waals surface area contributed by atoms with Gasteiger partial charge in [-0.05, 0) is 70.1 Å². The number of fused-ring (bicyclic) bond motifs is 11. The average Bonchev–Trinajstić information content (AvgIpc) is 3.97. The van der Waals surface area contributed by atoms with Crippen LogP contribution in [0, 0.1) is 0 Å². The maximum atomic E-state index is 6.81. The summed E-state index contributed by atoms with van der Waals surface area (Å²) in [4.78, 5) is 16.2. The SMILES string of the molecule is c1ccc2cc3c(cc2c1)c1ccccc1n3-c1cc(-c2nc(-c3cccc4ccccc34)nc(-c3cccc4sc5ccccc5c34)n2)c2oc3ccccc3c2c1. The monoisotopic (exact) mass is 770 g/mol. The van der Waals surface area contributed by atoms with Gasteiger partial charge in [-0.25, -0.2) is 15.0 Å². The third kappa shape index (κ3) is 4.87. The maximum Gasteiger partial charge on any atom is 0.167 e. The second kappa shape index (κ2) is 12.4. The van der Waals surface area contributed by atoms with E-state index in [0.29, 0.717) is 17.5 Å². The average molecular weight is 771 g/mol. The van der Waals surface area contributed by atoms with E-state index >= 15 is 0 Å². The Bertz CT molecular complexity index is 3870. The molecule has 274 valence electrons. The third-order valence-corrected chi connectivity index (χ3v) is 12.9. The minimum absolute atomic E-state index is 0.548. The number of furan rings is 1. The molecule has 59 heavy (non-hydrogen) atoms. The zero-order chi connectivity index (χ0) is 38.6. The lowest BCUT2D eigenvalue weighted by Gasteiger charge is -2.14. The summed E-state index contributed by atoms with van der Waals surface area (Å²) in [5.41, 5.74) is 7.52. The Labute approximate surface area is 341 Å². The number of thiophene rings is 1. The van der Waals surface area contributed by atoms with Crippen molar-refractivity contribution < 1.29 is 4.42 Å². The van der Waals surface area contributed by atoms with E-state index in [0.717, 1.165) is 71.5 Å². The molecule has 13 rings (SSSR count). The van der Waals surface area contributed by atoms with E-state index in [2.05, 4.69) is 174 Å². The van der Waals surface area contributed by atoms with E-state index < -0.39 is 0 Å². The highest BCUT2D eigenvalue weighted by molar-refractivity contribution is 7.25. The predicted octanol–water partition coefficient (Wildman–Crippen LogP) is 14.5. The summed E-state index contributed by atoms with van der Waals surface area (Å²) in [6.07, 6.45) is 0. The van der Waals surface area contributed by atoms with Gasteiger partial charge in [-0.1, -0.05) is 133 Å². The summed E-state index contributed by atoms with van der Waals surface area (Å²) >= 11 is 1.79. The van der Waals surface area contributed by atoms with E-state index in [4.69, 9.17) is 19.4 Å². The molecule has 0 unspecified atom stereocenters. The molecule has 0 atom stereocenters. The lowest BCUT2D eigenvalue weighted by Crippen LogP contribution is -2.02. The molecule has 0 fully saturated rings. The Morgan fingerprint density at radius 3 is 1.86 bits per heavy atom. The van der Waals surface area contributed by atoms with Crippen molar-refractivity contribution in [3.63, 3.8) is 0 Å². The Balaban J connectivity index is 1.16. The number of nitrogens with zero attached hydrogens (tertiary/aromatic N) is 4. The van der Waals surface area contributed by atoms with Gasteiger partial charge in [-0.3, -0.25) is 0 Å². The topological polar surface area (TPSA) is 56.7 Å². The van der Waals surface area contributed by atoms with Crippen LogP contribution in [0.1, 0.15) is 0 Å². The van der Waals surface area contributed by atoms with Crippen LogP contribution in [0.4, 0.5) is 0 Å². The number of rotatable bonds is 4. The fourth-order valence-electron chi connectivity index (χ4n) is 9.16. The van der Waals surface area contributed by atoms with Crippen LogP contribution in [-0.2, 0) is 0 Å². The van der Waals surface area contributed by atoms with Gasteiger partial charge >= 0.3 is 0 Å². The minimum atomic E-state index is 0.548. The summed E-state index contributed by atoms with van der Waals surface area (Å²) in [6.45, 7) is 0. The molecule has 0 N–H and O–H groups in total. The summed E-state index contributed by atoms with van der Waals surface area (Å²) < 4.78 is 11.6. The molecule has 5 nitrogen and oxygen atoms in total. The Morgan fingerprint density at radius 1 is 0.390 bits per heavy atom. The van der Waals surface area contributed by atoms with Crippen LogP contribution in [0.25, 0.3) is 125 Å². The van der Waals surface area contributed by atoms with Crippen molar-refractivity contribution in [1.29, 1.82) is 0 Å². The molecule has 0 saturated carbocycles. The fourth-order valence-corrected chi connectivity index (χ4v) is 10.3. The number of hydrogen-bond donors (Lipinski definition) is 0. The highest BCUT2D eigenvalue weighted by Crippen LogP contribution is 2.43. The molecule has 4 heterocycles. The first-order valence-electron chi connectivity index (χ1n) is 19.8. The van der Waals surface area contributed by atoms with Crippen LogP contribution in [0.5, 0.6) is 0 Å². The van der Waals surface area contributed by atoms with E-state index in [-0.39, 0.29) is 0 Å². The molecule has 0 aliphatic rings.